The van der Waals surface area contributed by atoms with Crippen LogP contribution in [0.2, 0.25) is 0 Å². The molecule has 1 fully saturated rings. The number of carboxylic acids is 1. The maximum atomic E-state index is 13.0. The molecule has 1 aromatic rings. The molecular weight excluding hydrogens is 241 g/mol. The van der Waals surface area contributed by atoms with Crippen LogP contribution in [0.15, 0.2) is 18.2 Å². The number of benzene rings is 1. The van der Waals surface area contributed by atoms with Gasteiger partial charge in [0.05, 0.1) is 11.3 Å². The Bertz CT molecular complexity index is 555. The fraction of sp³-hybridized carbons (Fsp3) is 0.250. The number of carbonyl (C=O) groups excluding carboxylic acids is 2. The number of rotatable bonds is 2. The number of aromatic carboxylic acids is 1. The highest BCUT2D eigenvalue weighted by atomic mass is 19.1. The molecule has 1 aromatic carbocycles. The summed E-state index contributed by atoms with van der Waals surface area (Å²) in [4.78, 5) is 35.3. The molecule has 1 saturated heterocycles. The number of carbonyl (C=O) groups is 3. The third-order valence-electron chi connectivity index (χ3n) is 2.80. The molecule has 1 aliphatic rings. The van der Waals surface area contributed by atoms with Crippen molar-refractivity contribution in [3.05, 3.63) is 29.6 Å². The van der Waals surface area contributed by atoms with Crippen molar-refractivity contribution in [2.24, 2.45) is 5.92 Å². The van der Waals surface area contributed by atoms with E-state index in [0.717, 1.165) is 23.1 Å². The van der Waals surface area contributed by atoms with Gasteiger partial charge in [-0.05, 0) is 18.2 Å². The molecule has 1 unspecified atom stereocenters. The Morgan fingerprint density at radius 3 is 2.61 bits per heavy atom. The minimum atomic E-state index is -1.38. The van der Waals surface area contributed by atoms with Crippen molar-refractivity contribution in [3.8, 4) is 0 Å². The van der Waals surface area contributed by atoms with E-state index in [9.17, 15) is 18.8 Å². The Morgan fingerprint density at radius 2 is 2.11 bits per heavy atom. The molecule has 0 aliphatic carbocycles. The van der Waals surface area contributed by atoms with E-state index in [-0.39, 0.29) is 12.1 Å². The zero-order chi connectivity index (χ0) is 13.4. The molecule has 0 aromatic heterocycles. The maximum Gasteiger partial charge on any atom is 0.337 e. The van der Waals surface area contributed by atoms with Crippen molar-refractivity contribution in [1.29, 1.82) is 0 Å². The van der Waals surface area contributed by atoms with E-state index in [4.69, 9.17) is 5.11 Å². The number of hydrogen-bond donors (Lipinski definition) is 1. The second-order valence-corrected chi connectivity index (χ2v) is 4.14. The lowest BCUT2D eigenvalue weighted by Gasteiger charge is -2.16. The number of halogens is 1. The number of imide groups is 1. The number of carboxylic acid groups (broad SMARTS) is 1. The van der Waals surface area contributed by atoms with E-state index in [1.165, 1.54) is 0 Å². The second-order valence-electron chi connectivity index (χ2n) is 4.14. The Labute approximate surface area is 102 Å². The van der Waals surface area contributed by atoms with Gasteiger partial charge in [-0.15, -0.1) is 0 Å². The standard InChI is InChI=1S/C12H10FNO4/c1-6-4-10(15)14(11(6)16)9-3-2-7(13)5-8(9)12(17)18/h2-3,5-6H,4H2,1H3,(H,17,18). The Kier molecular flexibility index (Phi) is 2.86. The predicted octanol–water partition coefficient (Wildman–Crippen LogP) is 1.42. The zero-order valence-corrected chi connectivity index (χ0v) is 9.51. The molecular formula is C12H10FNO4. The molecule has 1 aliphatic heterocycles. The maximum absolute atomic E-state index is 13.0. The van der Waals surface area contributed by atoms with Crippen LogP contribution in [0.5, 0.6) is 0 Å². The SMILES string of the molecule is CC1CC(=O)N(c2ccc(F)cc2C(=O)O)C1=O. The highest BCUT2D eigenvalue weighted by Gasteiger charge is 2.38. The van der Waals surface area contributed by atoms with Crippen molar-refractivity contribution in [2.75, 3.05) is 4.90 Å². The largest absolute Gasteiger partial charge is 0.478 e. The van der Waals surface area contributed by atoms with Crippen LogP contribution in [-0.2, 0) is 9.59 Å². The van der Waals surface area contributed by atoms with Gasteiger partial charge in [0.2, 0.25) is 11.8 Å². The lowest BCUT2D eigenvalue weighted by Crippen LogP contribution is -2.31. The number of amides is 2. The van der Waals surface area contributed by atoms with Crippen molar-refractivity contribution >= 4 is 23.5 Å². The van der Waals surface area contributed by atoms with Gasteiger partial charge in [-0.3, -0.25) is 9.59 Å². The van der Waals surface area contributed by atoms with E-state index in [1.54, 1.807) is 6.92 Å². The lowest BCUT2D eigenvalue weighted by atomic mass is 10.1. The van der Waals surface area contributed by atoms with Crippen molar-refractivity contribution in [3.63, 3.8) is 0 Å². The third kappa shape index (κ3) is 1.85. The molecule has 0 radical (unpaired) electrons. The average molecular weight is 251 g/mol. The van der Waals surface area contributed by atoms with Gasteiger partial charge in [0.1, 0.15) is 5.82 Å². The summed E-state index contributed by atoms with van der Waals surface area (Å²) in [6.45, 7) is 1.59. The van der Waals surface area contributed by atoms with Crippen LogP contribution in [0.4, 0.5) is 10.1 Å². The topological polar surface area (TPSA) is 74.7 Å². The smallest absolute Gasteiger partial charge is 0.337 e. The molecule has 2 amide bonds. The van der Waals surface area contributed by atoms with Crippen LogP contribution in [0.25, 0.3) is 0 Å². The Balaban J connectivity index is 2.55. The number of nitrogens with zero attached hydrogens (tertiary/aromatic N) is 1. The van der Waals surface area contributed by atoms with Gasteiger partial charge in [-0.25, -0.2) is 14.1 Å². The van der Waals surface area contributed by atoms with Gasteiger partial charge >= 0.3 is 5.97 Å². The first-order chi connectivity index (χ1) is 8.41. The minimum absolute atomic E-state index is 0.0370. The predicted molar refractivity (Wildman–Crippen MR) is 59.6 cm³/mol. The van der Waals surface area contributed by atoms with Gasteiger partial charge in [-0.2, -0.15) is 0 Å². The van der Waals surface area contributed by atoms with E-state index in [0.29, 0.717) is 0 Å². The first-order valence-corrected chi connectivity index (χ1v) is 5.31. The van der Waals surface area contributed by atoms with Crippen LogP contribution < -0.4 is 4.90 Å². The monoisotopic (exact) mass is 251 g/mol. The highest BCUT2D eigenvalue weighted by Crippen LogP contribution is 2.29. The lowest BCUT2D eigenvalue weighted by molar-refractivity contribution is -0.122. The summed E-state index contributed by atoms with van der Waals surface area (Å²) < 4.78 is 13.0. The van der Waals surface area contributed by atoms with Crippen molar-refractivity contribution in [1.82, 2.24) is 0 Å². The summed E-state index contributed by atoms with van der Waals surface area (Å²) in [6.07, 6.45) is 0.0370. The zero-order valence-electron chi connectivity index (χ0n) is 9.51. The molecule has 1 atom stereocenters. The summed E-state index contributed by atoms with van der Waals surface area (Å²) in [5, 5.41) is 8.97. The average Bonchev–Trinajstić information content (AvgIpc) is 2.54. The Hall–Kier alpha value is -2.24. The molecule has 1 heterocycles. The molecule has 2 rings (SSSR count). The summed E-state index contributed by atoms with van der Waals surface area (Å²) in [6, 6.07) is 2.94. The molecule has 0 spiro atoms. The van der Waals surface area contributed by atoms with Gasteiger partial charge in [-0.1, -0.05) is 6.92 Å². The normalized spacial score (nSPS) is 19.4. The first kappa shape index (κ1) is 12.2. The quantitative estimate of drug-likeness (QED) is 0.807. The summed E-state index contributed by atoms with van der Waals surface area (Å²) in [7, 11) is 0. The minimum Gasteiger partial charge on any atom is -0.478 e. The highest BCUT2D eigenvalue weighted by molar-refractivity contribution is 6.22. The van der Waals surface area contributed by atoms with Crippen LogP contribution >= 0.6 is 0 Å². The van der Waals surface area contributed by atoms with Gasteiger partial charge < -0.3 is 5.11 Å². The summed E-state index contributed by atoms with van der Waals surface area (Å²) >= 11 is 0. The summed E-state index contributed by atoms with van der Waals surface area (Å²) in [5.74, 6) is -3.53. The molecule has 18 heavy (non-hydrogen) atoms. The fourth-order valence-corrected chi connectivity index (χ4v) is 1.91. The second kappa shape index (κ2) is 4.21. The molecule has 6 heteroatoms. The molecule has 0 saturated carbocycles. The van der Waals surface area contributed by atoms with Crippen LogP contribution in [-0.4, -0.2) is 22.9 Å². The van der Waals surface area contributed by atoms with Crippen molar-refractivity contribution in [2.45, 2.75) is 13.3 Å². The number of anilines is 1. The Morgan fingerprint density at radius 1 is 1.44 bits per heavy atom. The van der Waals surface area contributed by atoms with Gasteiger partial charge in [0.15, 0.2) is 0 Å². The van der Waals surface area contributed by atoms with Crippen LogP contribution in [0, 0.1) is 11.7 Å². The van der Waals surface area contributed by atoms with Crippen LogP contribution in [0.1, 0.15) is 23.7 Å². The third-order valence-corrected chi connectivity index (χ3v) is 2.80. The van der Waals surface area contributed by atoms with Crippen LogP contribution in [0.3, 0.4) is 0 Å². The van der Waals surface area contributed by atoms with E-state index in [1.807, 2.05) is 0 Å². The molecule has 5 nitrogen and oxygen atoms in total. The van der Waals surface area contributed by atoms with Crippen molar-refractivity contribution < 1.29 is 23.9 Å². The van der Waals surface area contributed by atoms with Gasteiger partial charge in [0.25, 0.3) is 0 Å². The molecule has 1 N–H and O–H groups in total. The van der Waals surface area contributed by atoms with Gasteiger partial charge in [0, 0.05) is 12.3 Å². The number of hydrogen-bond acceptors (Lipinski definition) is 3. The van der Waals surface area contributed by atoms with E-state index < -0.39 is 35.1 Å². The molecule has 0 bridgehead atoms. The molecule has 94 valence electrons. The van der Waals surface area contributed by atoms with E-state index >= 15 is 0 Å². The fourth-order valence-electron chi connectivity index (χ4n) is 1.91. The van der Waals surface area contributed by atoms with E-state index in [2.05, 4.69) is 0 Å². The first-order valence-electron chi connectivity index (χ1n) is 5.31. The summed E-state index contributed by atoms with van der Waals surface area (Å²) in [5.41, 5.74) is -0.478.